The van der Waals surface area contributed by atoms with Gasteiger partial charge in [-0.1, -0.05) is 11.6 Å². The van der Waals surface area contributed by atoms with Gasteiger partial charge in [0.25, 0.3) is 5.91 Å². The van der Waals surface area contributed by atoms with E-state index in [9.17, 15) is 4.79 Å². The van der Waals surface area contributed by atoms with Gasteiger partial charge in [0.15, 0.2) is 0 Å². The van der Waals surface area contributed by atoms with Gasteiger partial charge in [0, 0.05) is 11.1 Å². The molecule has 1 spiro atoms. The molecule has 1 aromatic rings. The molecule has 3 rings (SSSR count). The van der Waals surface area contributed by atoms with Crippen LogP contribution in [0.3, 0.4) is 0 Å². The third-order valence-corrected chi connectivity index (χ3v) is 4.88. The average molecular weight is 323 g/mol. The zero-order valence-corrected chi connectivity index (χ0v) is 13.9. The lowest BCUT2D eigenvalue weighted by Crippen LogP contribution is -2.36. The third-order valence-electron chi connectivity index (χ3n) is 4.64. The van der Waals surface area contributed by atoms with Crippen molar-refractivity contribution < 1.29 is 9.53 Å². The summed E-state index contributed by atoms with van der Waals surface area (Å²) in [7, 11) is 0. The first-order valence-corrected chi connectivity index (χ1v) is 8.36. The first-order chi connectivity index (χ1) is 10.5. The zero-order valence-electron chi connectivity index (χ0n) is 13.1. The van der Waals surface area contributed by atoms with Crippen LogP contribution in [0.1, 0.15) is 43.5 Å². The number of ether oxygens (including phenoxy) is 1. The van der Waals surface area contributed by atoms with Crippen molar-refractivity contribution in [2.45, 2.75) is 45.3 Å². The predicted octanol–water partition coefficient (Wildman–Crippen LogP) is 3.00. The summed E-state index contributed by atoms with van der Waals surface area (Å²) in [6, 6.07) is 5.49. The van der Waals surface area contributed by atoms with Gasteiger partial charge in [0.1, 0.15) is 5.75 Å². The maximum Gasteiger partial charge on any atom is 0.255 e. The number of benzene rings is 1. The maximum absolute atomic E-state index is 12.6. The Morgan fingerprint density at radius 1 is 1.41 bits per heavy atom. The highest BCUT2D eigenvalue weighted by Gasteiger charge is 2.54. The first kappa shape index (κ1) is 15.6. The Morgan fingerprint density at radius 2 is 2.14 bits per heavy atom. The number of nitrogens with one attached hydrogen (secondary N) is 2. The topological polar surface area (TPSA) is 50.4 Å². The summed E-state index contributed by atoms with van der Waals surface area (Å²) in [5.74, 6) is 0.510. The molecule has 1 saturated heterocycles. The second kappa shape index (κ2) is 6.09. The van der Waals surface area contributed by atoms with E-state index < -0.39 is 0 Å². The van der Waals surface area contributed by atoms with Crippen LogP contribution < -0.4 is 15.4 Å². The van der Waals surface area contributed by atoms with Crippen molar-refractivity contribution in [2.24, 2.45) is 5.41 Å². The van der Waals surface area contributed by atoms with E-state index in [4.69, 9.17) is 16.3 Å². The minimum Gasteiger partial charge on any atom is -0.490 e. The fraction of sp³-hybridized carbons (Fsp3) is 0.588. The second-order valence-corrected chi connectivity index (χ2v) is 7.09. The zero-order chi connectivity index (χ0) is 15.7. The Bertz CT molecular complexity index is 568. The number of piperidine rings is 1. The van der Waals surface area contributed by atoms with Crippen LogP contribution in [-0.4, -0.2) is 31.1 Å². The van der Waals surface area contributed by atoms with E-state index in [2.05, 4.69) is 10.6 Å². The molecule has 1 heterocycles. The molecule has 1 aliphatic carbocycles. The van der Waals surface area contributed by atoms with E-state index in [1.54, 1.807) is 18.2 Å². The van der Waals surface area contributed by atoms with Crippen molar-refractivity contribution in [3.63, 3.8) is 0 Å². The molecule has 0 bridgehead atoms. The van der Waals surface area contributed by atoms with Crippen molar-refractivity contribution in [3.8, 4) is 5.75 Å². The molecule has 2 fully saturated rings. The van der Waals surface area contributed by atoms with Gasteiger partial charge >= 0.3 is 0 Å². The molecule has 1 aliphatic heterocycles. The van der Waals surface area contributed by atoms with Crippen LogP contribution in [0.4, 0.5) is 0 Å². The predicted molar refractivity (Wildman–Crippen MR) is 87.6 cm³/mol. The van der Waals surface area contributed by atoms with Crippen LogP contribution in [-0.2, 0) is 0 Å². The molecule has 120 valence electrons. The number of halogens is 1. The van der Waals surface area contributed by atoms with E-state index in [1.165, 1.54) is 0 Å². The van der Waals surface area contributed by atoms with Gasteiger partial charge in [-0.3, -0.25) is 4.79 Å². The molecule has 2 N–H and O–H groups in total. The van der Waals surface area contributed by atoms with Crippen LogP contribution >= 0.6 is 11.6 Å². The van der Waals surface area contributed by atoms with Crippen molar-refractivity contribution >= 4 is 17.5 Å². The number of carbonyl (C=O) groups excluding carboxylic acids is 1. The highest BCUT2D eigenvalue weighted by Crippen LogP contribution is 2.52. The number of hydrogen-bond donors (Lipinski definition) is 2. The highest BCUT2D eigenvalue weighted by molar-refractivity contribution is 6.31. The Morgan fingerprint density at radius 3 is 2.82 bits per heavy atom. The van der Waals surface area contributed by atoms with E-state index in [1.807, 2.05) is 13.8 Å². The summed E-state index contributed by atoms with van der Waals surface area (Å²) in [6.45, 7) is 5.99. The van der Waals surface area contributed by atoms with Crippen LogP contribution in [0.15, 0.2) is 18.2 Å². The van der Waals surface area contributed by atoms with Crippen LogP contribution in [0.5, 0.6) is 5.75 Å². The fourth-order valence-electron chi connectivity index (χ4n) is 3.30. The lowest BCUT2D eigenvalue weighted by Gasteiger charge is -2.23. The first-order valence-electron chi connectivity index (χ1n) is 7.98. The maximum atomic E-state index is 12.6. The van der Waals surface area contributed by atoms with E-state index in [0.717, 1.165) is 32.4 Å². The van der Waals surface area contributed by atoms with Crippen molar-refractivity contribution in [1.29, 1.82) is 0 Å². The standard InChI is InChI=1S/C17H23ClN2O2/c1-11(2)22-14-4-3-12(18)9-13(14)16(21)20-15-10-17(15)5-7-19-8-6-17/h3-4,9,11,15,19H,5-8,10H2,1-2H3,(H,20,21). The van der Waals surface area contributed by atoms with Gasteiger partial charge in [-0.25, -0.2) is 0 Å². The molecule has 22 heavy (non-hydrogen) atoms. The second-order valence-electron chi connectivity index (χ2n) is 6.65. The van der Waals surface area contributed by atoms with Crippen molar-refractivity contribution in [2.75, 3.05) is 13.1 Å². The number of amides is 1. The van der Waals surface area contributed by atoms with Gasteiger partial charge in [-0.05, 0) is 69.8 Å². The van der Waals surface area contributed by atoms with Crippen molar-refractivity contribution in [1.82, 2.24) is 10.6 Å². The minimum atomic E-state index is -0.0847. The van der Waals surface area contributed by atoms with Gasteiger partial charge in [-0.2, -0.15) is 0 Å². The summed E-state index contributed by atoms with van der Waals surface area (Å²) in [4.78, 5) is 12.6. The monoisotopic (exact) mass is 322 g/mol. The molecule has 1 saturated carbocycles. The van der Waals surface area contributed by atoms with E-state index in [0.29, 0.717) is 21.8 Å². The van der Waals surface area contributed by atoms with Gasteiger partial charge in [-0.15, -0.1) is 0 Å². The number of rotatable bonds is 4. The molecule has 1 unspecified atom stereocenters. The summed E-state index contributed by atoms with van der Waals surface area (Å²) < 4.78 is 5.73. The number of carbonyl (C=O) groups is 1. The molecule has 1 amide bonds. The average Bonchev–Trinajstić information content (AvgIpc) is 3.12. The smallest absolute Gasteiger partial charge is 0.255 e. The largest absolute Gasteiger partial charge is 0.490 e. The molecule has 1 atom stereocenters. The molecule has 2 aliphatic rings. The van der Waals surface area contributed by atoms with Crippen LogP contribution in [0, 0.1) is 5.41 Å². The molecular weight excluding hydrogens is 300 g/mol. The normalized spacial score (nSPS) is 22.6. The summed E-state index contributed by atoms with van der Waals surface area (Å²) in [6.07, 6.45) is 3.39. The van der Waals surface area contributed by atoms with Gasteiger partial charge in [0.2, 0.25) is 0 Å². The molecule has 5 heteroatoms. The third kappa shape index (κ3) is 3.23. The summed E-state index contributed by atoms with van der Waals surface area (Å²) in [5, 5.41) is 7.09. The summed E-state index contributed by atoms with van der Waals surface area (Å²) in [5.41, 5.74) is 0.843. The minimum absolute atomic E-state index is 0.0180. The SMILES string of the molecule is CC(C)Oc1ccc(Cl)cc1C(=O)NC1CC12CCNCC2. The van der Waals surface area contributed by atoms with Crippen LogP contribution in [0.2, 0.25) is 5.02 Å². The Hall–Kier alpha value is -1.26. The highest BCUT2D eigenvalue weighted by atomic mass is 35.5. The van der Waals surface area contributed by atoms with Crippen molar-refractivity contribution in [3.05, 3.63) is 28.8 Å². The van der Waals surface area contributed by atoms with Crippen LogP contribution in [0.25, 0.3) is 0 Å². The van der Waals surface area contributed by atoms with E-state index >= 15 is 0 Å². The Balaban J connectivity index is 1.71. The lowest BCUT2D eigenvalue weighted by molar-refractivity contribution is 0.0936. The molecule has 1 aromatic carbocycles. The Labute approximate surface area is 136 Å². The fourth-order valence-corrected chi connectivity index (χ4v) is 3.47. The van der Waals surface area contributed by atoms with Gasteiger partial charge in [0.05, 0.1) is 11.7 Å². The molecular formula is C17H23ClN2O2. The summed E-state index contributed by atoms with van der Waals surface area (Å²) >= 11 is 6.05. The van der Waals surface area contributed by atoms with Gasteiger partial charge < -0.3 is 15.4 Å². The molecule has 4 nitrogen and oxygen atoms in total. The quantitative estimate of drug-likeness (QED) is 0.896. The molecule has 0 radical (unpaired) electrons. The Kier molecular flexibility index (Phi) is 4.33. The molecule has 0 aromatic heterocycles. The lowest BCUT2D eigenvalue weighted by atomic mass is 9.94. The number of hydrogen-bond acceptors (Lipinski definition) is 3. The van der Waals surface area contributed by atoms with E-state index in [-0.39, 0.29) is 18.1 Å².